The van der Waals surface area contributed by atoms with E-state index in [2.05, 4.69) is 5.32 Å². The number of rotatable bonds is 6. The first-order valence-corrected chi connectivity index (χ1v) is 11.1. The lowest BCUT2D eigenvalue weighted by molar-refractivity contribution is 0.158. The number of para-hydroxylation sites is 1. The molecule has 2 aromatic carbocycles. The number of nitrogens with one attached hydrogen (secondary N) is 1. The van der Waals surface area contributed by atoms with Crippen LogP contribution >= 0.6 is 23.2 Å². The van der Waals surface area contributed by atoms with Crippen molar-refractivity contribution in [2.45, 2.75) is 52.7 Å². The number of amides is 2. The second kappa shape index (κ2) is 9.71. The van der Waals surface area contributed by atoms with E-state index in [0.717, 1.165) is 0 Å². The van der Waals surface area contributed by atoms with E-state index in [1.165, 1.54) is 0 Å². The van der Waals surface area contributed by atoms with Crippen molar-refractivity contribution in [1.29, 1.82) is 0 Å². The van der Waals surface area contributed by atoms with Crippen LogP contribution in [0.25, 0.3) is 10.9 Å². The van der Waals surface area contributed by atoms with Gasteiger partial charge in [-0.15, -0.1) is 0 Å². The zero-order chi connectivity index (χ0) is 22.7. The first-order chi connectivity index (χ1) is 14.8. The van der Waals surface area contributed by atoms with Crippen LogP contribution in [0.15, 0.2) is 47.3 Å². The summed E-state index contributed by atoms with van der Waals surface area (Å²) in [5, 5.41) is 4.28. The number of fused-ring (bicyclic) bond motifs is 1. The zero-order valence-corrected chi connectivity index (χ0v) is 19.5. The molecule has 31 heavy (non-hydrogen) atoms. The molecule has 0 aliphatic carbocycles. The number of carbonyl (C=O) groups is 1. The van der Waals surface area contributed by atoms with E-state index >= 15 is 0 Å². The van der Waals surface area contributed by atoms with Crippen LogP contribution in [0.3, 0.4) is 0 Å². The lowest BCUT2D eigenvalue weighted by atomic mass is 10.1. The summed E-state index contributed by atoms with van der Waals surface area (Å²) in [6, 6.07) is 11.3. The molecule has 0 saturated heterocycles. The van der Waals surface area contributed by atoms with E-state index in [9.17, 15) is 9.59 Å². The molecule has 1 heterocycles. The second-order valence-electron chi connectivity index (χ2n) is 7.52. The average Bonchev–Trinajstić information content (AvgIpc) is 2.73. The molecule has 0 bridgehead atoms. The highest BCUT2D eigenvalue weighted by Crippen LogP contribution is 2.29. The number of anilines is 1. The maximum atomic E-state index is 13.3. The minimum atomic E-state index is -0.400. The molecule has 1 unspecified atom stereocenters. The molecule has 1 N–H and O–H groups in total. The summed E-state index contributed by atoms with van der Waals surface area (Å²) in [5.41, 5.74) is 0.984. The highest BCUT2D eigenvalue weighted by molar-refractivity contribution is 6.36. The summed E-state index contributed by atoms with van der Waals surface area (Å²) in [6.45, 7) is 8.20. The van der Waals surface area contributed by atoms with Crippen LogP contribution in [0.4, 0.5) is 10.5 Å². The van der Waals surface area contributed by atoms with E-state index in [1.54, 1.807) is 33.7 Å². The van der Waals surface area contributed by atoms with Gasteiger partial charge in [0.05, 0.1) is 27.7 Å². The number of aromatic nitrogens is 2. The molecule has 0 aliphatic heterocycles. The topological polar surface area (TPSA) is 67.2 Å². The van der Waals surface area contributed by atoms with Crippen molar-refractivity contribution in [2.75, 3.05) is 5.32 Å². The standard InChI is InChI=1S/C23H26Cl2N4O2/c1-5-20(21-26-18-10-8-7-9-16(18)22(30)28(21)6-2)29(14(3)4)23(31)27-19-12-11-15(24)13-17(19)25/h7-14,20H,5-6H2,1-4H3,(H,27,31). The first kappa shape index (κ1) is 23.1. The Morgan fingerprint density at radius 1 is 1.16 bits per heavy atom. The van der Waals surface area contributed by atoms with Crippen molar-refractivity contribution in [2.24, 2.45) is 0 Å². The quantitative estimate of drug-likeness (QED) is 0.481. The first-order valence-electron chi connectivity index (χ1n) is 10.3. The fourth-order valence-corrected chi connectivity index (χ4v) is 4.21. The Morgan fingerprint density at radius 3 is 2.48 bits per heavy atom. The molecule has 3 rings (SSSR count). The average molecular weight is 461 g/mol. The number of urea groups is 1. The molecular weight excluding hydrogens is 435 g/mol. The molecule has 1 atom stereocenters. The van der Waals surface area contributed by atoms with Gasteiger partial charge in [0.25, 0.3) is 5.56 Å². The molecule has 0 aliphatic rings. The van der Waals surface area contributed by atoms with Gasteiger partial charge in [0.1, 0.15) is 5.82 Å². The number of carbonyl (C=O) groups excluding carboxylic acids is 1. The molecular formula is C23H26Cl2N4O2. The van der Waals surface area contributed by atoms with E-state index < -0.39 is 6.04 Å². The number of halogens is 2. The summed E-state index contributed by atoms with van der Waals surface area (Å²) in [4.78, 5) is 32.9. The predicted molar refractivity (Wildman–Crippen MR) is 127 cm³/mol. The molecule has 1 aromatic heterocycles. The molecule has 0 saturated carbocycles. The molecule has 8 heteroatoms. The predicted octanol–water partition coefficient (Wildman–Crippen LogP) is 6.12. The molecule has 2 amide bonds. The number of hydrogen-bond acceptors (Lipinski definition) is 3. The van der Waals surface area contributed by atoms with Gasteiger partial charge in [0.15, 0.2) is 0 Å². The molecule has 0 spiro atoms. The number of benzene rings is 2. The van der Waals surface area contributed by atoms with Gasteiger partial charge in [-0.3, -0.25) is 9.36 Å². The van der Waals surface area contributed by atoms with Gasteiger partial charge < -0.3 is 10.2 Å². The van der Waals surface area contributed by atoms with E-state index in [0.29, 0.717) is 45.4 Å². The third-order valence-corrected chi connectivity index (χ3v) is 5.74. The van der Waals surface area contributed by atoms with Crippen LogP contribution in [-0.4, -0.2) is 26.5 Å². The maximum Gasteiger partial charge on any atom is 0.322 e. The monoisotopic (exact) mass is 460 g/mol. The highest BCUT2D eigenvalue weighted by Gasteiger charge is 2.30. The molecule has 3 aromatic rings. The minimum absolute atomic E-state index is 0.105. The lowest BCUT2D eigenvalue weighted by Crippen LogP contribution is -2.44. The number of nitrogens with zero attached hydrogens (tertiary/aromatic N) is 3. The van der Waals surface area contributed by atoms with Gasteiger partial charge in [-0.1, -0.05) is 42.3 Å². The molecule has 164 valence electrons. The maximum absolute atomic E-state index is 13.3. The normalized spacial score (nSPS) is 12.2. The van der Waals surface area contributed by atoms with Crippen LogP contribution in [0.2, 0.25) is 10.0 Å². The van der Waals surface area contributed by atoms with Gasteiger partial charge in [-0.25, -0.2) is 9.78 Å². The summed E-state index contributed by atoms with van der Waals surface area (Å²) in [6.07, 6.45) is 0.588. The van der Waals surface area contributed by atoms with Crippen molar-refractivity contribution >= 4 is 45.8 Å². The van der Waals surface area contributed by atoms with Crippen LogP contribution in [0, 0.1) is 0 Å². The van der Waals surface area contributed by atoms with E-state index in [4.69, 9.17) is 28.2 Å². The van der Waals surface area contributed by atoms with Crippen LogP contribution < -0.4 is 10.9 Å². The van der Waals surface area contributed by atoms with Gasteiger partial charge in [-0.2, -0.15) is 0 Å². The lowest BCUT2D eigenvalue weighted by Gasteiger charge is -2.35. The van der Waals surface area contributed by atoms with Gasteiger partial charge >= 0.3 is 6.03 Å². The van der Waals surface area contributed by atoms with Crippen LogP contribution in [0.5, 0.6) is 0 Å². The van der Waals surface area contributed by atoms with Crippen molar-refractivity contribution in [1.82, 2.24) is 14.5 Å². The fourth-order valence-electron chi connectivity index (χ4n) is 3.76. The Morgan fingerprint density at radius 2 is 1.87 bits per heavy atom. The Bertz CT molecular complexity index is 1160. The summed E-state index contributed by atoms with van der Waals surface area (Å²) < 4.78 is 1.65. The van der Waals surface area contributed by atoms with Crippen molar-refractivity contribution in [3.05, 3.63) is 68.7 Å². The van der Waals surface area contributed by atoms with Gasteiger partial charge in [-0.05, 0) is 57.5 Å². The van der Waals surface area contributed by atoms with E-state index in [-0.39, 0.29) is 17.6 Å². The van der Waals surface area contributed by atoms with Crippen LogP contribution in [-0.2, 0) is 6.54 Å². The Balaban J connectivity index is 2.07. The summed E-state index contributed by atoms with van der Waals surface area (Å²) in [5.74, 6) is 0.569. The fraction of sp³-hybridized carbons (Fsp3) is 0.348. The Kier molecular flexibility index (Phi) is 7.23. The van der Waals surface area contributed by atoms with Gasteiger partial charge in [0, 0.05) is 17.6 Å². The minimum Gasteiger partial charge on any atom is -0.312 e. The summed E-state index contributed by atoms with van der Waals surface area (Å²) >= 11 is 12.2. The third-order valence-electron chi connectivity index (χ3n) is 5.19. The van der Waals surface area contributed by atoms with Gasteiger partial charge in [0.2, 0.25) is 0 Å². The molecule has 0 fully saturated rings. The Hall–Kier alpha value is -2.57. The van der Waals surface area contributed by atoms with Crippen molar-refractivity contribution in [3.63, 3.8) is 0 Å². The van der Waals surface area contributed by atoms with Crippen molar-refractivity contribution in [3.8, 4) is 0 Å². The third kappa shape index (κ3) is 4.70. The number of hydrogen-bond donors (Lipinski definition) is 1. The Labute approximate surface area is 191 Å². The smallest absolute Gasteiger partial charge is 0.312 e. The zero-order valence-electron chi connectivity index (χ0n) is 18.0. The van der Waals surface area contributed by atoms with E-state index in [1.807, 2.05) is 45.9 Å². The largest absolute Gasteiger partial charge is 0.322 e. The summed E-state index contributed by atoms with van der Waals surface area (Å²) in [7, 11) is 0. The molecule has 0 radical (unpaired) electrons. The SMILES string of the molecule is CCC(c1nc2ccccc2c(=O)n1CC)N(C(=O)Nc1ccc(Cl)cc1Cl)C(C)C. The van der Waals surface area contributed by atoms with Crippen LogP contribution in [0.1, 0.15) is 46.0 Å². The second-order valence-corrected chi connectivity index (χ2v) is 8.36. The van der Waals surface area contributed by atoms with Crippen molar-refractivity contribution < 1.29 is 4.79 Å². The molecule has 6 nitrogen and oxygen atoms in total. The highest BCUT2D eigenvalue weighted by atomic mass is 35.5.